The number of rotatable bonds is 4. The Labute approximate surface area is 150 Å². The van der Waals surface area contributed by atoms with Crippen molar-refractivity contribution in [1.82, 2.24) is 14.5 Å². The molecule has 0 saturated heterocycles. The highest BCUT2D eigenvalue weighted by atomic mass is 32.1. The van der Waals surface area contributed by atoms with Crippen molar-refractivity contribution < 1.29 is 4.79 Å². The van der Waals surface area contributed by atoms with Gasteiger partial charge in [-0.1, -0.05) is 30.3 Å². The zero-order valence-corrected chi connectivity index (χ0v) is 15.6. The summed E-state index contributed by atoms with van der Waals surface area (Å²) in [6.07, 6.45) is 1.47. The molecule has 3 aromatic rings. The first kappa shape index (κ1) is 17.4. The molecule has 0 bridgehead atoms. The molecule has 0 N–H and O–H groups in total. The second kappa shape index (κ2) is 6.80. The summed E-state index contributed by atoms with van der Waals surface area (Å²) in [4.78, 5) is 33.2. The second-order valence-electron chi connectivity index (χ2n) is 6.23. The lowest BCUT2D eigenvalue weighted by Gasteiger charge is -2.25. The van der Waals surface area contributed by atoms with Crippen LogP contribution in [0.15, 0.2) is 41.5 Å². The maximum absolute atomic E-state index is 12.7. The number of amides is 1. The molecule has 0 aliphatic heterocycles. The van der Waals surface area contributed by atoms with E-state index in [1.54, 1.807) is 11.9 Å². The smallest absolute Gasteiger partial charge is 0.262 e. The van der Waals surface area contributed by atoms with Crippen LogP contribution in [0.2, 0.25) is 0 Å². The van der Waals surface area contributed by atoms with Crippen LogP contribution in [0.25, 0.3) is 10.2 Å². The van der Waals surface area contributed by atoms with Crippen molar-refractivity contribution in [2.24, 2.45) is 0 Å². The first-order chi connectivity index (χ1) is 11.9. The number of hydrogen-bond acceptors (Lipinski definition) is 4. The lowest BCUT2D eigenvalue weighted by Crippen LogP contribution is -2.35. The van der Waals surface area contributed by atoms with Gasteiger partial charge in [0.25, 0.3) is 5.56 Å². The summed E-state index contributed by atoms with van der Waals surface area (Å²) in [5.74, 6) is -0.121. The van der Waals surface area contributed by atoms with E-state index >= 15 is 0 Å². The Bertz CT molecular complexity index is 975. The van der Waals surface area contributed by atoms with Crippen molar-refractivity contribution in [3.63, 3.8) is 0 Å². The van der Waals surface area contributed by atoms with Crippen molar-refractivity contribution in [1.29, 1.82) is 0 Å². The highest BCUT2D eigenvalue weighted by Crippen LogP contribution is 2.25. The Kier molecular flexibility index (Phi) is 4.72. The van der Waals surface area contributed by atoms with Gasteiger partial charge in [0.05, 0.1) is 17.8 Å². The molecule has 2 aromatic heterocycles. The number of fused-ring (bicyclic) bond motifs is 1. The Morgan fingerprint density at radius 3 is 2.64 bits per heavy atom. The average molecular weight is 355 g/mol. The molecule has 1 atom stereocenters. The second-order valence-corrected chi connectivity index (χ2v) is 7.44. The van der Waals surface area contributed by atoms with Gasteiger partial charge < -0.3 is 4.90 Å². The van der Waals surface area contributed by atoms with Crippen LogP contribution in [-0.2, 0) is 11.3 Å². The molecular formula is C19H21N3O2S. The molecule has 25 heavy (non-hydrogen) atoms. The molecule has 0 saturated carbocycles. The summed E-state index contributed by atoms with van der Waals surface area (Å²) < 4.78 is 1.40. The molecule has 1 aromatic carbocycles. The van der Waals surface area contributed by atoms with Crippen LogP contribution >= 0.6 is 11.3 Å². The molecule has 6 heteroatoms. The lowest BCUT2D eigenvalue weighted by atomic mass is 10.1. The van der Waals surface area contributed by atoms with Gasteiger partial charge in [0.2, 0.25) is 5.91 Å². The van der Waals surface area contributed by atoms with Crippen molar-refractivity contribution in [3.8, 4) is 0 Å². The zero-order valence-electron chi connectivity index (χ0n) is 14.8. The highest BCUT2D eigenvalue weighted by molar-refractivity contribution is 7.18. The van der Waals surface area contributed by atoms with Gasteiger partial charge in [-0.25, -0.2) is 4.98 Å². The van der Waals surface area contributed by atoms with Gasteiger partial charge in [0.1, 0.15) is 11.4 Å². The lowest BCUT2D eigenvalue weighted by molar-refractivity contribution is -0.132. The number of aryl methyl sites for hydroxylation is 2. The van der Waals surface area contributed by atoms with E-state index < -0.39 is 0 Å². The number of likely N-dealkylation sites (N-methyl/N-ethyl adjacent to an activating group) is 1. The van der Waals surface area contributed by atoms with E-state index in [4.69, 9.17) is 0 Å². The van der Waals surface area contributed by atoms with E-state index in [1.807, 2.05) is 51.1 Å². The first-order valence-electron chi connectivity index (χ1n) is 8.16. The summed E-state index contributed by atoms with van der Waals surface area (Å²) in [5.41, 5.74) is 1.86. The molecule has 0 fully saturated rings. The topological polar surface area (TPSA) is 55.2 Å². The van der Waals surface area contributed by atoms with Crippen LogP contribution in [0.1, 0.15) is 29.0 Å². The normalized spacial score (nSPS) is 12.3. The molecular weight excluding hydrogens is 334 g/mol. The summed E-state index contributed by atoms with van der Waals surface area (Å²) in [6, 6.07) is 9.77. The molecule has 1 amide bonds. The van der Waals surface area contributed by atoms with Crippen molar-refractivity contribution in [2.75, 3.05) is 7.05 Å². The molecule has 0 radical (unpaired) electrons. The van der Waals surface area contributed by atoms with Crippen LogP contribution in [0.3, 0.4) is 0 Å². The van der Waals surface area contributed by atoms with E-state index in [0.29, 0.717) is 5.39 Å². The average Bonchev–Trinajstić information content (AvgIpc) is 2.91. The summed E-state index contributed by atoms with van der Waals surface area (Å²) >= 11 is 1.51. The monoisotopic (exact) mass is 355 g/mol. The summed E-state index contributed by atoms with van der Waals surface area (Å²) in [6.45, 7) is 5.87. The van der Waals surface area contributed by atoms with Crippen LogP contribution in [0.4, 0.5) is 0 Å². The standard InChI is InChI=1S/C19H21N3O2S/c1-12-14(3)25-18-17(12)19(24)22(11-20-18)10-16(23)21(4)13(2)15-8-6-5-7-9-15/h5-9,11,13H,10H2,1-4H3/t13-/m0/s1. The SMILES string of the molecule is Cc1sc2ncn(CC(=O)N(C)[C@@H](C)c3ccccc3)c(=O)c2c1C. The Hall–Kier alpha value is -2.47. The third-order valence-electron chi connectivity index (χ3n) is 4.72. The summed E-state index contributed by atoms with van der Waals surface area (Å²) in [5, 5.41) is 0.622. The van der Waals surface area contributed by atoms with Crippen LogP contribution in [0.5, 0.6) is 0 Å². The quantitative estimate of drug-likeness (QED) is 0.721. The van der Waals surface area contributed by atoms with Crippen molar-refractivity contribution in [3.05, 3.63) is 63.0 Å². The minimum Gasteiger partial charge on any atom is -0.337 e. The molecule has 2 heterocycles. The van der Waals surface area contributed by atoms with Crippen LogP contribution in [0, 0.1) is 13.8 Å². The van der Waals surface area contributed by atoms with Gasteiger partial charge >= 0.3 is 0 Å². The molecule has 3 rings (SSSR count). The fraction of sp³-hybridized carbons (Fsp3) is 0.316. The Morgan fingerprint density at radius 1 is 1.28 bits per heavy atom. The molecule has 0 aliphatic rings. The third kappa shape index (κ3) is 3.22. The van der Waals surface area contributed by atoms with Gasteiger partial charge in [-0.15, -0.1) is 11.3 Å². The third-order valence-corrected chi connectivity index (χ3v) is 5.83. The van der Waals surface area contributed by atoms with Crippen molar-refractivity contribution in [2.45, 2.75) is 33.4 Å². The molecule has 130 valence electrons. The first-order valence-corrected chi connectivity index (χ1v) is 8.97. The molecule has 0 aliphatic carbocycles. The number of hydrogen-bond donors (Lipinski definition) is 0. The number of aromatic nitrogens is 2. The predicted octanol–water partition coefficient (Wildman–Crippen LogP) is 3.29. The van der Waals surface area contributed by atoms with Gasteiger partial charge in [-0.05, 0) is 31.9 Å². The van der Waals surface area contributed by atoms with Crippen molar-refractivity contribution >= 4 is 27.5 Å². The number of benzene rings is 1. The molecule has 0 spiro atoms. The number of carbonyl (C=O) groups excluding carboxylic acids is 1. The van der Waals surface area contributed by atoms with E-state index in [9.17, 15) is 9.59 Å². The Balaban J connectivity index is 1.86. The van der Waals surface area contributed by atoms with Crippen LogP contribution < -0.4 is 5.56 Å². The van der Waals surface area contributed by atoms with E-state index in [2.05, 4.69) is 4.98 Å². The van der Waals surface area contributed by atoms with Gasteiger partial charge in [-0.2, -0.15) is 0 Å². The number of carbonyl (C=O) groups is 1. The van der Waals surface area contributed by atoms with E-state index in [-0.39, 0.29) is 24.1 Å². The van der Waals surface area contributed by atoms with E-state index in [0.717, 1.165) is 20.8 Å². The molecule has 0 unspecified atom stereocenters. The minimum atomic E-state index is -0.152. The van der Waals surface area contributed by atoms with Crippen LogP contribution in [-0.4, -0.2) is 27.4 Å². The van der Waals surface area contributed by atoms with Gasteiger partial charge in [0.15, 0.2) is 0 Å². The molecule has 5 nitrogen and oxygen atoms in total. The fourth-order valence-corrected chi connectivity index (χ4v) is 3.80. The maximum atomic E-state index is 12.7. The number of nitrogens with zero attached hydrogens (tertiary/aromatic N) is 3. The summed E-state index contributed by atoms with van der Waals surface area (Å²) in [7, 11) is 1.76. The van der Waals surface area contributed by atoms with Gasteiger partial charge in [0, 0.05) is 11.9 Å². The van der Waals surface area contributed by atoms with Gasteiger partial charge in [-0.3, -0.25) is 14.2 Å². The fourth-order valence-electron chi connectivity index (χ4n) is 2.81. The van der Waals surface area contributed by atoms with E-state index in [1.165, 1.54) is 22.2 Å². The predicted molar refractivity (Wildman–Crippen MR) is 101 cm³/mol. The highest BCUT2D eigenvalue weighted by Gasteiger charge is 2.19. The largest absolute Gasteiger partial charge is 0.337 e. The zero-order chi connectivity index (χ0) is 18.1. The maximum Gasteiger partial charge on any atom is 0.262 e. The Morgan fingerprint density at radius 2 is 1.96 bits per heavy atom. The number of thiophene rings is 1. The minimum absolute atomic E-state index is 0.0101.